The number of rotatable bonds is 3. The van der Waals surface area contributed by atoms with Crippen molar-refractivity contribution >= 4 is 34.9 Å². The predicted molar refractivity (Wildman–Crippen MR) is 68.9 cm³/mol. The molecular weight excluding hydrogens is 259 g/mol. The molecule has 0 unspecified atom stereocenters. The van der Waals surface area contributed by atoms with E-state index in [-0.39, 0.29) is 5.95 Å². The molecule has 2 aromatic rings. The van der Waals surface area contributed by atoms with Crippen LogP contribution in [0.1, 0.15) is 0 Å². The Hall–Kier alpha value is -2.12. The fourth-order valence-electron chi connectivity index (χ4n) is 1.34. The van der Waals surface area contributed by atoms with Crippen LogP contribution in [-0.4, -0.2) is 9.97 Å². The molecule has 94 valence electrons. The molecule has 0 atom stereocenters. The lowest BCUT2D eigenvalue weighted by Crippen LogP contribution is -2.11. The first-order chi connectivity index (χ1) is 8.58. The highest BCUT2D eigenvalue weighted by molar-refractivity contribution is 6.33. The Balaban J connectivity index is 2.33. The van der Waals surface area contributed by atoms with E-state index in [2.05, 4.69) is 20.7 Å². The van der Waals surface area contributed by atoms with Crippen molar-refractivity contribution in [3.8, 4) is 0 Å². The number of hydrogen-bond donors (Lipinski definition) is 4. The summed E-state index contributed by atoms with van der Waals surface area (Å²) in [5, 5.41) is 3.19. The van der Waals surface area contributed by atoms with Crippen LogP contribution in [0.5, 0.6) is 0 Å². The zero-order valence-corrected chi connectivity index (χ0v) is 9.87. The van der Waals surface area contributed by atoms with E-state index in [1.807, 2.05) is 0 Å². The van der Waals surface area contributed by atoms with Crippen molar-refractivity contribution in [2.24, 2.45) is 5.84 Å². The zero-order chi connectivity index (χ0) is 13.1. The fourth-order valence-corrected chi connectivity index (χ4v) is 1.50. The van der Waals surface area contributed by atoms with Gasteiger partial charge in [0.2, 0.25) is 5.95 Å². The van der Waals surface area contributed by atoms with Gasteiger partial charge in [-0.3, -0.25) is 0 Å². The highest BCUT2D eigenvalue weighted by Crippen LogP contribution is 2.26. The van der Waals surface area contributed by atoms with Crippen molar-refractivity contribution in [1.29, 1.82) is 0 Å². The van der Waals surface area contributed by atoms with Crippen molar-refractivity contribution in [3.63, 3.8) is 0 Å². The van der Waals surface area contributed by atoms with Crippen LogP contribution in [0.15, 0.2) is 24.3 Å². The Bertz CT molecular complexity index is 576. The van der Waals surface area contributed by atoms with Gasteiger partial charge in [-0.2, -0.15) is 9.97 Å². The van der Waals surface area contributed by atoms with Crippen LogP contribution in [0, 0.1) is 5.82 Å². The summed E-state index contributed by atoms with van der Waals surface area (Å²) in [6.45, 7) is 0. The van der Waals surface area contributed by atoms with Crippen molar-refractivity contribution in [2.75, 3.05) is 16.5 Å². The largest absolute Gasteiger partial charge is 0.368 e. The van der Waals surface area contributed by atoms with Gasteiger partial charge in [0.1, 0.15) is 17.5 Å². The van der Waals surface area contributed by atoms with Gasteiger partial charge in [-0.25, -0.2) is 10.2 Å². The average Bonchev–Trinajstić information content (AvgIpc) is 2.33. The molecule has 0 spiro atoms. The van der Waals surface area contributed by atoms with E-state index >= 15 is 0 Å². The summed E-state index contributed by atoms with van der Waals surface area (Å²) in [6.07, 6.45) is 0. The summed E-state index contributed by atoms with van der Waals surface area (Å²) in [7, 11) is 0. The highest BCUT2D eigenvalue weighted by Gasteiger charge is 2.06. The van der Waals surface area contributed by atoms with Gasteiger partial charge in [0.05, 0.1) is 10.7 Å². The standard InChI is InChI=1S/C10H10ClFN6/c11-6-2-1-5(12)3-7(6)15-8-4-9(18-14)17-10(13)16-8/h1-4H,14H2,(H4,13,15,16,17,18). The van der Waals surface area contributed by atoms with Gasteiger partial charge in [-0.05, 0) is 18.2 Å². The summed E-state index contributed by atoms with van der Waals surface area (Å²) in [5.41, 5.74) is 8.21. The third-order valence-electron chi connectivity index (χ3n) is 2.08. The molecule has 1 aromatic carbocycles. The Kier molecular flexibility index (Phi) is 3.45. The lowest BCUT2D eigenvalue weighted by Gasteiger charge is -2.09. The highest BCUT2D eigenvalue weighted by atomic mass is 35.5. The minimum atomic E-state index is -0.416. The molecule has 18 heavy (non-hydrogen) atoms. The first-order valence-corrected chi connectivity index (χ1v) is 5.29. The molecule has 0 aliphatic carbocycles. The lowest BCUT2D eigenvalue weighted by atomic mass is 10.3. The lowest BCUT2D eigenvalue weighted by molar-refractivity contribution is 0.628. The molecule has 0 radical (unpaired) electrons. The van der Waals surface area contributed by atoms with Gasteiger partial charge in [-0.1, -0.05) is 11.6 Å². The maximum Gasteiger partial charge on any atom is 0.223 e. The maximum absolute atomic E-state index is 13.1. The Morgan fingerprint density at radius 3 is 2.61 bits per heavy atom. The number of nitrogens with two attached hydrogens (primary N) is 2. The van der Waals surface area contributed by atoms with Crippen LogP contribution in [0.4, 0.5) is 27.7 Å². The molecule has 6 N–H and O–H groups in total. The fraction of sp³-hybridized carbons (Fsp3) is 0. The third-order valence-corrected chi connectivity index (χ3v) is 2.41. The SMILES string of the molecule is NNc1cc(Nc2cc(F)ccc2Cl)nc(N)n1. The normalized spacial score (nSPS) is 10.2. The summed E-state index contributed by atoms with van der Waals surface area (Å²) in [4.78, 5) is 7.74. The molecule has 0 saturated heterocycles. The minimum Gasteiger partial charge on any atom is -0.368 e. The summed E-state index contributed by atoms with van der Waals surface area (Å²) in [6, 6.07) is 5.45. The van der Waals surface area contributed by atoms with Crippen molar-refractivity contribution < 1.29 is 4.39 Å². The van der Waals surface area contributed by atoms with Gasteiger partial charge in [0.15, 0.2) is 0 Å². The summed E-state index contributed by atoms with van der Waals surface area (Å²) in [5.74, 6) is 5.52. The Morgan fingerprint density at radius 2 is 1.89 bits per heavy atom. The van der Waals surface area contributed by atoms with E-state index in [1.54, 1.807) is 0 Å². The summed E-state index contributed by atoms with van der Waals surface area (Å²) >= 11 is 5.92. The van der Waals surface area contributed by atoms with E-state index in [1.165, 1.54) is 24.3 Å². The molecule has 0 aliphatic heterocycles. The van der Waals surface area contributed by atoms with Crippen LogP contribution in [0.3, 0.4) is 0 Å². The van der Waals surface area contributed by atoms with E-state index < -0.39 is 5.82 Å². The molecule has 8 heteroatoms. The van der Waals surface area contributed by atoms with Gasteiger partial charge in [0, 0.05) is 6.07 Å². The molecule has 0 aliphatic rings. The number of hydrogen-bond acceptors (Lipinski definition) is 6. The van der Waals surface area contributed by atoms with Gasteiger partial charge < -0.3 is 16.5 Å². The second-order valence-electron chi connectivity index (χ2n) is 3.39. The third kappa shape index (κ3) is 2.76. The molecule has 0 saturated carbocycles. The quantitative estimate of drug-likeness (QED) is 0.501. The number of hydrazine groups is 1. The Labute approximate surface area is 107 Å². The molecule has 1 heterocycles. The maximum atomic E-state index is 13.1. The second-order valence-corrected chi connectivity index (χ2v) is 3.80. The van der Waals surface area contributed by atoms with Crippen molar-refractivity contribution in [3.05, 3.63) is 35.1 Å². The molecule has 0 bridgehead atoms. The second kappa shape index (κ2) is 5.03. The summed E-state index contributed by atoms with van der Waals surface area (Å²) < 4.78 is 13.1. The van der Waals surface area contributed by atoms with Crippen LogP contribution in [0.25, 0.3) is 0 Å². The van der Waals surface area contributed by atoms with Crippen LogP contribution in [0.2, 0.25) is 5.02 Å². The van der Waals surface area contributed by atoms with Gasteiger partial charge in [-0.15, -0.1) is 0 Å². The number of aromatic nitrogens is 2. The van der Waals surface area contributed by atoms with Crippen LogP contribution < -0.4 is 22.3 Å². The molecular formula is C10H10ClFN6. The first-order valence-electron chi connectivity index (χ1n) is 4.92. The van der Waals surface area contributed by atoms with Gasteiger partial charge >= 0.3 is 0 Å². The molecule has 1 aromatic heterocycles. The van der Waals surface area contributed by atoms with E-state index in [4.69, 9.17) is 23.2 Å². The van der Waals surface area contributed by atoms with E-state index in [0.717, 1.165) is 0 Å². The number of nitrogens with zero attached hydrogens (tertiary/aromatic N) is 2. The average molecular weight is 269 g/mol. The molecule has 0 amide bonds. The van der Waals surface area contributed by atoms with E-state index in [9.17, 15) is 4.39 Å². The van der Waals surface area contributed by atoms with Crippen LogP contribution >= 0.6 is 11.6 Å². The van der Waals surface area contributed by atoms with Gasteiger partial charge in [0.25, 0.3) is 0 Å². The van der Waals surface area contributed by atoms with E-state index in [0.29, 0.717) is 22.3 Å². The molecule has 0 fully saturated rings. The monoisotopic (exact) mass is 268 g/mol. The Morgan fingerprint density at radius 1 is 1.17 bits per heavy atom. The predicted octanol–water partition coefficient (Wildman–Crippen LogP) is 1.88. The molecule has 2 rings (SSSR count). The smallest absolute Gasteiger partial charge is 0.223 e. The number of nitrogens with one attached hydrogen (secondary N) is 2. The number of anilines is 4. The minimum absolute atomic E-state index is 0.0282. The topological polar surface area (TPSA) is 102 Å². The number of nitrogen functional groups attached to an aromatic ring is 2. The first kappa shape index (κ1) is 12.3. The van der Waals surface area contributed by atoms with Crippen LogP contribution in [-0.2, 0) is 0 Å². The number of benzene rings is 1. The zero-order valence-electron chi connectivity index (χ0n) is 9.11. The number of halogens is 2. The van der Waals surface area contributed by atoms with Crippen molar-refractivity contribution in [2.45, 2.75) is 0 Å². The van der Waals surface area contributed by atoms with Crippen molar-refractivity contribution in [1.82, 2.24) is 9.97 Å². The molecule has 6 nitrogen and oxygen atoms in total.